The molecule has 0 unspecified atom stereocenters. The lowest BCUT2D eigenvalue weighted by molar-refractivity contribution is 0.475. The topological polar surface area (TPSA) is 50.9 Å². The number of hydrogen-bond acceptors (Lipinski definition) is 3. The molecule has 66 valence electrons. The second kappa shape index (κ2) is 2.90. The molecule has 0 aliphatic heterocycles. The lowest BCUT2D eigenvalue weighted by Gasteiger charge is -1.95. The van der Waals surface area contributed by atoms with Crippen molar-refractivity contribution in [2.75, 3.05) is 0 Å². The Morgan fingerprint density at radius 2 is 2.23 bits per heavy atom. The van der Waals surface area contributed by atoms with Gasteiger partial charge in [-0.3, -0.25) is 4.68 Å². The number of benzene rings is 1. The molecular formula is C9H9N3O. The van der Waals surface area contributed by atoms with Gasteiger partial charge in [-0.25, -0.2) is 4.98 Å². The third kappa shape index (κ3) is 1.51. The summed E-state index contributed by atoms with van der Waals surface area (Å²) in [6.07, 6.45) is 1.62. The van der Waals surface area contributed by atoms with Crippen molar-refractivity contribution < 1.29 is 5.11 Å². The number of nitrogens with zero attached hydrogens (tertiary/aromatic N) is 3. The third-order valence-corrected chi connectivity index (χ3v) is 1.70. The standard InChI is InChI=1S/C9H9N3O/c1-12-6-10-9(11-12)7-3-2-4-8(13)5-7/h2-6,13H,1H3. The van der Waals surface area contributed by atoms with E-state index in [2.05, 4.69) is 10.1 Å². The normalized spacial score (nSPS) is 10.2. The first-order valence-corrected chi connectivity index (χ1v) is 3.91. The van der Waals surface area contributed by atoms with Crippen molar-refractivity contribution in [1.82, 2.24) is 14.8 Å². The van der Waals surface area contributed by atoms with E-state index < -0.39 is 0 Å². The Labute approximate surface area is 75.5 Å². The van der Waals surface area contributed by atoms with Crippen molar-refractivity contribution >= 4 is 0 Å². The molecule has 0 saturated heterocycles. The molecule has 0 spiro atoms. The number of phenols is 1. The summed E-state index contributed by atoms with van der Waals surface area (Å²) in [6, 6.07) is 6.87. The summed E-state index contributed by atoms with van der Waals surface area (Å²) in [7, 11) is 1.80. The molecule has 1 aromatic carbocycles. The first-order valence-electron chi connectivity index (χ1n) is 3.91. The summed E-state index contributed by atoms with van der Waals surface area (Å²) in [5.74, 6) is 0.850. The number of aryl methyl sites for hydroxylation is 1. The van der Waals surface area contributed by atoms with Crippen LogP contribution in [-0.2, 0) is 7.05 Å². The van der Waals surface area contributed by atoms with Gasteiger partial charge in [-0.1, -0.05) is 12.1 Å². The van der Waals surface area contributed by atoms with E-state index in [0.29, 0.717) is 5.82 Å². The van der Waals surface area contributed by atoms with Crippen LogP contribution in [0.5, 0.6) is 5.75 Å². The van der Waals surface area contributed by atoms with Gasteiger partial charge in [0.2, 0.25) is 0 Å². The highest BCUT2D eigenvalue weighted by atomic mass is 16.3. The highest BCUT2D eigenvalue weighted by Gasteiger charge is 2.02. The number of phenolic OH excluding ortho intramolecular Hbond substituents is 1. The summed E-state index contributed by atoms with van der Waals surface area (Å²) in [5, 5.41) is 13.3. The van der Waals surface area contributed by atoms with E-state index >= 15 is 0 Å². The molecule has 0 atom stereocenters. The Hall–Kier alpha value is -1.84. The fourth-order valence-electron chi connectivity index (χ4n) is 1.12. The first kappa shape index (κ1) is 7.79. The number of aromatic nitrogens is 3. The average Bonchev–Trinajstić information content (AvgIpc) is 2.52. The molecule has 4 heteroatoms. The van der Waals surface area contributed by atoms with Gasteiger partial charge in [0, 0.05) is 12.6 Å². The van der Waals surface area contributed by atoms with Gasteiger partial charge in [0.25, 0.3) is 0 Å². The lowest BCUT2D eigenvalue weighted by Crippen LogP contribution is -1.87. The molecule has 2 rings (SSSR count). The zero-order chi connectivity index (χ0) is 9.26. The summed E-state index contributed by atoms with van der Waals surface area (Å²) < 4.78 is 1.62. The van der Waals surface area contributed by atoms with Crippen molar-refractivity contribution in [2.45, 2.75) is 0 Å². The first-order chi connectivity index (χ1) is 6.25. The molecular weight excluding hydrogens is 166 g/mol. The summed E-state index contributed by atoms with van der Waals surface area (Å²) >= 11 is 0. The zero-order valence-electron chi connectivity index (χ0n) is 7.18. The van der Waals surface area contributed by atoms with E-state index in [-0.39, 0.29) is 5.75 Å². The van der Waals surface area contributed by atoms with Gasteiger partial charge in [-0.2, -0.15) is 5.10 Å². The molecule has 0 aliphatic rings. The predicted octanol–water partition coefficient (Wildman–Crippen LogP) is 1.19. The SMILES string of the molecule is Cn1cnc(-c2cccc(O)c2)n1. The van der Waals surface area contributed by atoms with Gasteiger partial charge >= 0.3 is 0 Å². The fourth-order valence-corrected chi connectivity index (χ4v) is 1.12. The molecule has 0 radical (unpaired) electrons. The average molecular weight is 175 g/mol. The van der Waals surface area contributed by atoms with E-state index in [1.165, 1.54) is 0 Å². The third-order valence-electron chi connectivity index (χ3n) is 1.70. The maximum atomic E-state index is 9.22. The maximum absolute atomic E-state index is 9.22. The minimum absolute atomic E-state index is 0.227. The van der Waals surface area contributed by atoms with E-state index in [9.17, 15) is 5.11 Å². The molecule has 1 heterocycles. The highest BCUT2D eigenvalue weighted by molar-refractivity contribution is 5.56. The molecule has 0 bridgehead atoms. The van der Waals surface area contributed by atoms with Gasteiger partial charge in [0.05, 0.1) is 0 Å². The van der Waals surface area contributed by atoms with Gasteiger partial charge < -0.3 is 5.11 Å². The van der Waals surface area contributed by atoms with E-state index in [4.69, 9.17) is 0 Å². The second-order valence-electron chi connectivity index (χ2n) is 2.79. The highest BCUT2D eigenvalue weighted by Crippen LogP contribution is 2.18. The number of hydrogen-bond donors (Lipinski definition) is 1. The van der Waals surface area contributed by atoms with Crippen LogP contribution in [0.4, 0.5) is 0 Å². The molecule has 13 heavy (non-hydrogen) atoms. The van der Waals surface area contributed by atoms with Crippen LogP contribution in [0, 0.1) is 0 Å². The van der Waals surface area contributed by atoms with Crippen molar-refractivity contribution in [1.29, 1.82) is 0 Å². The van der Waals surface area contributed by atoms with Gasteiger partial charge in [-0.15, -0.1) is 0 Å². The van der Waals surface area contributed by atoms with E-state index in [1.54, 1.807) is 36.3 Å². The quantitative estimate of drug-likeness (QED) is 0.708. The lowest BCUT2D eigenvalue weighted by atomic mass is 10.2. The molecule has 1 N–H and O–H groups in total. The minimum Gasteiger partial charge on any atom is -0.508 e. The summed E-state index contributed by atoms with van der Waals surface area (Å²) in [6.45, 7) is 0. The van der Waals surface area contributed by atoms with Crippen molar-refractivity contribution in [3.8, 4) is 17.1 Å². The maximum Gasteiger partial charge on any atom is 0.181 e. The van der Waals surface area contributed by atoms with Crippen LogP contribution in [0.25, 0.3) is 11.4 Å². The Morgan fingerprint density at radius 3 is 2.85 bits per heavy atom. The smallest absolute Gasteiger partial charge is 0.181 e. The predicted molar refractivity (Wildman–Crippen MR) is 48.1 cm³/mol. The van der Waals surface area contributed by atoms with Gasteiger partial charge in [0.15, 0.2) is 5.82 Å². The molecule has 0 amide bonds. The van der Waals surface area contributed by atoms with E-state index in [0.717, 1.165) is 5.56 Å². The van der Waals surface area contributed by atoms with Crippen LogP contribution in [-0.4, -0.2) is 19.9 Å². The molecule has 0 saturated carbocycles. The number of rotatable bonds is 1. The Kier molecular flexibility index (Phi) is 1.73. The largest absolute Gasteiger partial charge is 0.508 e. The fraction of sp³-hybridized carbons (Fsp3) is 0.111. The molecule has 1 aromatic heterocycles. The second-order valence-corrected chi connectivity index (χ2v) is 2.79. The Bertz CT molecular complexity index is 422. The van der Waals surface area contributed by atoms with Crippen LogP contribution in [0.15, 0.2) is 30.6 Å². The molecule has 0 aliphatic carbocycles. The Balaban J connectivity index is 2.46. The minimum atomic E-state index is 0.227. The molecule has 0 fully saturated rings. The van der Waals surface area contributed by atoms with Gasteiger partial charge in [-0.05, 0) is 12.1 Å². The summed E-state index contributed by atoms with van der Waals surface area (Å²) in [5.41, 5.74) is 0.820. The monoisotopic (exact) mass is 175 g/mol. The molecule has 2 aromatic rings. The zero-order valence-corrected chi connectivity index (χ0v) is 7.18. The molecule has 4 nitrogen and oxygen atoms in total. The van der Waals surface area contributed by atoms with Crippen LogP contribution < -0.4 is 0 Å². The van der Waals surface area contributed by atoms with Crippen molar-refractivity contribution in [2.24, 2.45) is 7.05 Å². The van der Waals surface area contributed by atoms with Gasteiger partial charge in [0.1, 0.15) is 12.1 Å². The van der Waals surface area contributed by atoms with Crippen LogP contribution in [0.3, 0.4) is 0 Å². The van der Waals surface area contributed by atoms with Crippen LogP contribution >= 0.6 is 0 Å². The van der Waals surface area contributed by atoms with Crippen LogP contribution in [0.2, 0.25) is 0 Å². The Morgan fingerprint density at radius 1 is 1.38 bits per heavy atom. The van der Waals surface area contributed by atoms with Crippen molar-refractivity contribution in [3.63, 3.8) is 0 Å². The van der Waals surface area contributed by atoms with Crippen molar-refractivity contribution in [3.05, 3.63) is 30.6 Å². The van der Waals surface area contributed by atoms with Crippen LogP contribution in [0.1, 0.15) is 0 Å². The summed E-state index contributed by atoms with van der Waals surface area (Å²) in [4.78, 5) is 4.07. The number of aromatic hydroxyl groups is 1. The van der Waals surface area contributed by atoms with E-state index in [1.807, 2.05) is 6.07 Å².